The van der Waals surface area contributed by atoms with E-state index in [-0.39, 0.29) is 16.7 Å². The Morgan fingerprint density at radius 3 is 2.92 bits per heavy atom. The lowest BCUT2D eigenvalue weighted by atomic mass is 9.90. The van der Waals surface area contributed by atoms with Gasteiger partial charge in [-0.1, -0.05) is 18.7 Å². The fraction of sp³-hybridized carbons (Fsp3) is 0.611. The van der Waals surface area contributed by atoms with Crippen LogP contribution in [0.1, 0.15) is 51.5 Å². The van der Waals surface area contributed by atoms with Crippen LogP contribution in [-0.2, 0) is 17.6 Å². The number of amides is 1. The molecule has 3 rings (SSSR count). The number of aryl methyl sites for hydroxylation is 1. The van der Waals surface area contributed by atoms with Gasteiger partial charge in [-0.2, -0.15) is 0 Å². The summed E-state index contributed by atoms with van der Waals surface area (Å²) < 4.78 is 5.80. The molecule has 1 aliphatic rings. The van der Waals surface area contributed by atoms with Crippen LogP contribution in [-0.4, -0.2) is 26.9 Å². The molecule has 2 aromatic heterocycles. The van der Waals surface area contributed by atoms with Gasteiger partial charge in [0.2, 0.25) is 5.91 Å². The van der Waals surface area contributed by atoms with E-state index in [2.05, 4.69) is 28.5 Å². The number of thiophene rings is 1. The van der Waals surface area contributed by atoms with Gasteiger partial charge in [0, 0.05) is 10.4 Å². The second-order valence-corrected chi connectivity index (χ2v) is 10.2. The molecule has 1 amide bonds. The first-order chi connectivity index (χ1) is 11.7. The van der Waals surface area contributed by atoms with Crippen LogP contribution in [0.15, 0.2) is 15.7 Å². The third kappa shape index (κ3) is 4.64. The maximum absolute atomic E-state index is 12.2. The summed E-state index contributed by atoms with van der Waals surface area (Å²) in [6.45, 7) is 10.0. The van der Waals surface area contributed by atoms with Gasteiger partial charge in [-0.05, 0) is 64.5 Å². The summed E-state index contributed by atoms with van der Waals surface area (Å²) in [4.78, 5) is 14.7. The normalized spacial score (nSPS) is 18.7. The summed E-state index contributed by atoms with van der Waals surface area (Å²) >= 11 is 3.05. The highest BCUT2D eigenvalue weighted by Crippen LogP contribution is 2.37. The fourth-order valence-corrected chi connectivity index (χ4v) is 4.66. The van der Waals surface area contributed by atoms with Gasteiger partial charge < -0.3 is 9.73 Å². The van der Waals surface area contributed by atoms with E-state index in [1.54, 1.807) is 11.3 Å². The van der Waals surface area contributed by atoms with Crippen molar-refractivity contribution in [3.8, 4) is 10.8 Å². The molecule has 0 saturated heterocycles. The Morgan fingerprint density at radius 1 is 1.44 bits per heavy atom. The third-order valence-electron chi connectivity index (χ3n) is 4.09. The lowest BCUT2D eigenvalue weighted by molar-refractivity contribution is -0.121. The van der Waals surface area contributed by atoms with Crippen molar-refractivity contribution in [1.82, 2.24) is 15.5 Å². The summed E-state index contributed by atoms with van der Waals surface area (Å²) in [6.07, 6.45) is 3.52. The predicted molar refractivity (Wildman–Crippen MR) is 102 cm³/mol. The number of thioether (sulfide) groups is 1. The Bertz CT molecular complexity index is 761. The van der Waals surface area contributed by atoms with Crippen LogP contribution in [0.25, 0.3) is 10.8 Å². The molecular formula is C18H25N3O2S2. The minimum Gasteiger partial charge on any atom is -0.410 e. The first kappa shape index (κ1) is 18.5. The Labute approximate surface area is 157 Å². The zero-order chi connectivity index (χ0) is 18.2. The highest BCUT2D eigenvalue weighted by Gasteiger charge is 2.24. The lowest BCUT2D eigenvalue weighted by Gasteiger charge is -2.22. The first-order valence-corrected chi connectivity index (χ1v) is 10.3. The molecule has 2 heterocycles. The molecule has 2 atom stereocenters. The summed E-state index contributed by atoms with van der Waals surface area (Å²) in [6, 6.07) is 2.19. The van der Waals surface area contributed by atoms with Crippen LogP contribution < -0.4 is 5.32 Å². The Balaban J connectivity index is 1.68. The molecule has 0 aliphatic heterocycles. The van der Waals surface area contributed by atoms with Gasteiger partial charge in [-0.15, -0.1) is 21.5 Å². The van der Waals surface area contributed by atoms with Gasteiger partial charge in [-0.25, -0.2) is 0 Å². The van der Waals surface area contributed by atoms with Crippen molar-refractivity contribution in [2.45, 2.75) is 69.9 Å². The average molecular weight is 380 g/mol. The summed E-state index contributed by atoms with van der Waals surface area (Å²) in [5.41, 5.74) is 1.17. The number of nitrogens with one attached hydrogen (secondary N) is 1. The molecule has 0 bridgehead atoms. The van der Waals surface area contributed by atoms with Crippen molar-refractivity contribution in [2.75, 3.05) is 0 Å². The molecule has 0 unspecified atom stereocenters. The minimum absolute atomic E-state index is 0.0298. The number of fused-ring (bicyclic) bond motifs is 1. The maximum Gasteiger partial charge on any atom is 0.277 e. The molecule has 2 aromatic rings. The number of carbonyl (C=O) groups excluding carboxylic acids is 1. The Hall–Kier alpha value is -1.34. The van der Waals surface area contributed by atoms with Crippen molar-refractivity contribution in [3.05, 3.63) is 16.5 Å². The van der Waals surface area contributed by atoms with Crippen LogP contribution in [0.4, 0.5) is 0 Å². The van der Waals surface area contributed by atoms with Gasteiger partial charge >= 0.3 is 0 Å². The molecule has 1 N–H and O–H groups in total. The Kier molecular flexibility index (Phi) is 5.25. The van der Waals surface area contributed by atoms with Gasteiger partial charge in [0.05, 0.1) is 10.1 Å². The molecular weight excluding hydrogens is 354 g/mol. The molecule has 7 heteroatoms. The Morgan fingerprint density at radius 2 is 2.20 bits per heavy atom. The van der Waals surface area contributed by atoms with Crippen molar-refractivity contribution in [3.63, 3.8) is 0 Å². The highest BCUT2D eigenvalue weighted by atomic mass is 32.2. The molecule has 1 aliphatic carbocycles. The van der Waals surface area contributed by atoms with E-state index in [0.717, 1.165) is 23.6 Å². The molecule has 0 spiro atoms. The second-order valence-electron chi connectivity index (χ2n) is 7.78. The van der Waals surface area contributed by atoms with E-state index < -0.39 is 0 Å². The monoisotopic (exact) mass is 379 g/mol. The summed E-state index contributed by atoms with van der Waals surface area (Å²) in [7, 11) is 0. The number of rotatable bonds is 4. The summed E-state index contributed by atoms with van der Waals surface area (Å²) in [5, 5.41) is 11.4. The zero-order valence-corrected chi connectivity index (χ0v) is 17.0. The number of hydrogen-bond donors (Lipinski definition) is 1. The number of aromatic nitrogens is 2. The van der Waals surface area contributed by atoms with Crippen molar-refractivity contribution >= 4 is 29.0 Å². The van der Waals surface area contributed by atoms with Crippen molar-refractivity contribution in [2.24, 2.45) is 5.92 Å². The molecule has 136 valence electrons. The maximum atomic E-state index is 12.2. The fourth-order valence-electron chi connectivity index (χ4n) is 2.84. The lowest BCUT2D eigenvalue weighted by Crippen LogP contribution is -2.44. The number of nitrogens with zero attached hydrogens (tertiary/aromatic N) is 2. The smallest absolute Gasteiger partial charge is 0.277 e. The quantitative estimate of drug-likeness (QED) is 0.801. The van der Waals surface area contributed by atoms with Crippen molar-refractivity contribution < 1.29 is 9.21 Å². The minimum atomic E-state index is -0.287. The average Bonchev–Trinajstić information content (AvgIpc) is 3.11. The van der Waals surface area contributed by atoms with Crippen LogP contribution >= 0.6 is 23.1 Å². The first-order valence-electron chi connectivity index (χ1n) is 8.65. The molecule has 0 saturated carbocycles. The highest BCUT2D eigenvalue weighted by molar-refractivity contribution is 8.00. The SMILES string of the molecule is C[C@@H]1CCc2sc(-c3nnc(S[C@H](C)C(=O)NC(C)(C)C)o3)cc2C1. The second kappa shape index (κ2) is 7.11. The molecule has 0 aromatic carbocycles. The van der Waals surface area contributed by atoms with E-state index in [1.165, 1.54) is 28.6 Å². The number of hydrogen-bond acceptors (Lipinski definition) is 6. The third-order valence-corrected chi connectivity index (χ3v) is 6.25. The van der Waals surface area contributed by atoms with Crippen molar-refractivity contribution in [1.29, 1.82) is 0 Å². The van der Waals surface area contributed by atoms with Gasteiger partial charge in [0.1, 0.15) is 0 Å². The number of carbonyl (C=O) groups is 1. The van der Waals surface area contributed by atoms with E-state index in [1.807, 2.05) is 27.7 Å². The molecule has 5 nitrogen and oxygen atoms in total. The van der Waals surface area contributed by atoms with Crippen LogP contribution in [0.5, 0.6) is 0 Å². The van der Waals surface area contributed by atoms with Gasteiger partial charge in [0.15, 0.2) is 0 Å². The van der Waals surface area contributed by atoms with Gasteiger partial charge in [-0.3, -0.25) is 4.79 Å². The zero-order valence-electron chi connectivity index (χ0n) is 15.4. The summed E-state index contributed by atoms with van der Waals surface area (Å²) in [5.74, 6) is 1.27. The van der Waals surface area contributed by atoms with Gasteiger partial charge in [0.25, 0.3) is 11.1 Å². The van der Waals surface area contributed by atoms with E-state index in [0.29, 0.717) is 11.1 Å². The van der Waals surface area contributed by atoms with Crippen LogP contribution in [0.2, 0.25) is 0 Å². The topological polar surface area (TPSA) is 68.0 Å². The molecule has 0 fully saturated rings. The van der Waals surface area contributed by atoms with E-state index >= 15 is 0 Å². The van der Waals surface area contributed by atoms with E-state index in [9.17, 15) is 4.79 Å². The molecule has 25 heavy (non-hydrogen) atoms. The van der Waals surface area contributed by atoms with E-state index in [4.69, 9.17) is 4.42 Å². The molecule has 0 radical (unpaired) electrons. The van der Waals surface area contributed by atoms with Crippen LogP contribution in [0, 0.1) is 5.92 Å². The largest absolute Gasteiger partial charge is 0.410 e. The predicted octanol–water partition coefficient (Wildman–Crippen LogP) is 4.32. The van der Waals surface area contributed by atoms with Crippen LogP contribution in [0.3, 0.4) is 0 Å². The standard InChI is InChI=1S/C18H25N3O2S2/c1-10-6-7-13-12(8-10)9-14(25-13)16-20-21-17(23-16)24-11(2)15(22)19-18(3,4)5/h9-11H,6-8H2,1-5H3,(H,19,22)/t10-,11-/m1/s1.